The van der Waals surface area contributed by atoms with Gasteiger partial charge in [0.05, 0.1) is 43.3 Å². The van der Waals surface area contributed by atoms with Gasteiger partial charge in [-0.25, -0.2) is 0 Å². The van der Waals surface area contributed by atoms with Gasteiger partial charge < -0.3 is 80.8 Å². The number of hydrogen-bond acceptors (Lipinski definition) is 16. The second kappa shape index (κ2) is 43.4. The highest BCUT2D eigenvalue weighted by Crippen LogP contribution is 2.34. The van der Waals surface area contributed by atoms with Crippen molar-refractivity contribution in [1.82, 2.24) is 66.2 Å². The zero-order valence-corrected chi connectivity index (χ0v) is 68.6. The zero-order valence-electron chi connectivity index (χ0n) is 68.6. The van der Waals surface area contributed by atoms with E-state index >= 15 is 33.6 Å². The van der Waals surface area contributed by atoms with E-state index in [2.05, 4.69) is 31.9 Å². The Hall–Kier alpha value is -7.01. The summed E-state index contributed by atoms with van der Waals surface area (Å²) in [5.74, 6) is -10.6. The Balaban J connectivity index is 1.98. The van der Waals surface area contributed by atoms with Crippen molar-refractivity contribution in [2.24, 2.45) is 41.4 Å². The monoisotopic (exact) mass is 1510 g/mol. The highest BCUT2D eigenvalue weighted by Gasteiger charge is 2.45. The summed E-state index contributed by atoms with van der Waals surface area (Å²) in [4.78, 5) is 203. The van der Waals surface area contributed by atoms with Crippen LogP contribution in [-0.4, -0.2) is 277 Å². The third-order valence-electron chi connectivity index (χ3n) is 22.1. The normalized spacial score (nSPS) is 28.5. The number of likely N-dealkylation sites (tertiary alicyclic amines) is 1. The summed E-state index contributed by atoms with van der Waals surface area (Å²) >= 11 is 0. The van der Waals surface area contributed by atoms with Gasteiger partial charge in [0.1, 0.15) is 60.4 Å². The molecule has 29 nitrogen and oxygen atoms in total. The molecule has 7 N–H and O–H groups in total. The average molecular weight is 1510 g/mol. The summed E-state index contributed by atoms with van der Waals surface area (Å²) < 4.78 is 12.1. The molecule has 0 aromatic rings. The Bertz CT molecular complexity index is 2990. The molecule has 0 aromatic heterocycles. The first-order valence-corrected chi connectivity index (χ1v) is 39.6. The van der Waals surface area contributed by atoms with E-state index in [0.717, 1.165) is 43.4 Å². The summed E-state index contributed by atoms with van der Waals surface area (Å²) in [6.45, 7) is 24.1. The zero-order chi connectivity index (χ0) is 80.6. The molecule has 3 unspecified atom stereocenters. The number of aliphatic hydroxyl groups excluding tert-OH is 1. The number of likely N-dealkylation sites (N-methyl/N-ethyl adjacent to an activating group) is 5. The molecule has 4 fully saturated rings. The lowest BCUT2D eigenvalue weighted by Crippen LogP contribution is -2.62. The first kappa shape index (κ1) is 92.4. The number of carbonyl (C=O) groups is 13. The predicted molar refractivity (Wildman–Crippen MR) is 407 cm³/mol. The Labute approximate surface area is 638 Å². The Morgan fingerprint density at radius 3 is 1.58 bits per heavy atom. The number of amides is 13. The summed E-state index contributed by atoms with van der Waals surface area (Å²) in [6.07, 6.45) is 6.49. The summed E-state index contributed by atoms with van der Waals surface area (Å²) in [5.41, 5.74) is -0.851. The lowest BCUT2D eigenvalue weighted by Gasteiger charge is -2.39. The summed E-state index contributed by atoms with van der Waals surface area (Å²) in [5, 5.41) is 28.2. The second-order valence-electron chi connectivity index (χ2n) is 33.2. The maximum Gasteiger partial charge on any atom is 0.248 e. The maximum atomic E-state index is 15.7. The van der Waals surface area contributed by atoms with Crippen LogP contribution in [0.25, 0.3) is 0 Å². The van der Waals surface area contributed by atoms with Crippen LogP contribution in [0.2, 0.25) is 0 Å². The van der Waals surface area contributed by atoms with Crippen LogP contribution >= 0.6 is 0 Å². The van der Waals surface area contributed by atoms with Gasteiger partial charge in [-0.1, -0.05) is 101 Å². The van der Waals surface area contributed by atoms with Crippen LogP contribution in [0, 0.1) is 41.4 Å². The van der Waals surface area contributed by atoms with Crippen molar-refractivity contribution >= 4 is 76.8 Å². The van der Waals surface area contributed by atoms with E-state index in [9.17, 15) is 33.9 Å². The van der Waals surface area contributed by atoms with Gasteiger partial charge in [0.15, 0.2) is 0 Å². The molecule has 13 amide bonds. The number of piperidine rings is 1. The minimum absolute atomic E-state index is 0.00733. The van der Waals surface area contributed by atoms with Crippen molar-refractivity contribution < 1.29 is 76.9 Å². The molecule has 0 radical (unpaired) electrons. The van der Waals surface area contributed by atoms with Crippen LogP contribution in [0.3, 0.4) is 0 Å². The molecule has 2 aliphatic heterocycles. The van der Waals surface area contributed by atoms with Crippen molar-refractivity contribution in [3.63, 3.8) is 0 Å². The molecule has 107 heavy (non-hydrogen) atoms. The molecule has 4 aliphatic rings. The van der Waals surface area contributed by atoms with E-state index in [0.29, 0.717) is 58.0 Å². The Morgan fingerprint density at radius 2 is 1.07 bits per heavy atom. The van der Waals surface area contributed by atoms with Crippen LogP contribution in [0.15, 0.2) is 0 Å². The van der Waals surface area contributed by atoms with Gasteiger partial charge in [0, 0.05) is 69.0 Å². The molecular formula is C78H137N13O16. The quantitative estimate of drug-likeness (QED) is 0.0901. The maximum absolute atomic E-state index is 15.7. The van der Waals surface area contributed by atoms with Gasteiger partial charge in [-0.05, 0) is 147 Å². The minimum Gasteiger partial charge on any atom is -0.391 e. The van der Waals surface area contributed by atoms with E-state index in [-0.39, 0.29) is 80.8 Å². The fraction of sp³-hybridized carbons (Fsp3) is 0.833. The van der Waals surface area contributed by atoms with Crippen LogP contribution < -0.4 is 31.9 Å². The van der Waals surface area contributed by atoms with E-state index in [4.69, 9.17) is 9.47 Å². The second-order valence-corrected chi connectivity index (χ2v) is 33.2. The number of carbonyl (C=O) groups excluding carboxylic acids is 13. The van der Waals surface area contributed by atoms with E-state index in [1.165, 1.54) is 80.7 Å². The van der Waals surface area contributed by atoms with Crippen LogP contribution in [0.5, 0.6) is 0 Å². The third kappa shape index (κ3) is 27.2. The lowest BCUT2D eigenvalue weighted by molar-refractivity contribution is -0.153. The van der Waals surface area contributed by atoms with Gasteiger partial charge in [0.2, 0.25) is 76.8 Å². The highest BCUT2D eigenvalue weighted by molar-refractivity contribution is 6.00. The fourth-order valence-electron chi connectivity index (χ4n) is 15.3. The topological polar surface area (TPSA) is 355 Å². The van der Waals surface area contributed by atoms with Crippen molar-refractivity contribution in [3.05, 3.63) is 0 Å². The van der Waals surface area contributed by atoms with E-state index < -0.39 is 174 Å². The first-order chi connectivity index (χ1) is 50.1. The molecule has 29 heteroatoms. The fourth-order valence-corrected chi connectivity index (χ4v) is 15.3. The number of ether oxygens (including phenoxy) is 2. The molecular weight excluding hydrogens is 1370 g/mol. The van der Waals surface area contributed by atoms with Gasteiger partial charge in [-0.2, -0.15) is 0 Å². The van der Waals surface area contributed by atoms with Gasteiger partial charge in [0.25, 0.3) is 0 Å². The number of methoxy groups -OCH3 is 1. The smallest absolute Gasteiger partial charge is 0.248 e. The average Bonchev–Trinajstić information content (AvgIpc) is 0.816. The Morgan fingerprint density at radius 1 is 0.570 bits per heavy atom. The van der Waals surface area contributed by atoms with Crippen molar-refractivity contribution in [2.75, 3.05) is 82.2 Å². The molecule has 2 heterocycles. The van der Waals surface area contributed by atoms with Crippen LogP contribution in [0.1, 0.15) is 219 Å². The number of hydrogen-bond donors (Lipinski definition) is 7. The largest absolute Gasteiger partial charge is 0.391 e. The lowest BCUT2D eigenvalue weighted by atomic mass is 9.78. The van der Waals surface area contributed by atoms with Crippen molar-refractivity contribution in [3.8, 4) is 0 Å². The van der Waals surface area contributed by atoms with Crippen LogP contribution in [0.4, 0.5) is 0 Å². The number of rotatable bonds is 20. The molecule has 4 rings (SSSR count). The highest BCUT2D eigenvalue weighted by atomic mass is 16.5. The summed E-state index contributed by atoms with van der Waals surface area (Å²) in [6, 6.07) is -13.5. The number of nitrogens with one attached hydrogen (secondary N) is 6. The van der Waals surface area contributed by atoms with Crippen molar-refractivity contribution in [1.29, 1.82) is 0 Å². The molecule has 15 atom stereocenters. The molecule has 610 valence electrons. The van der Waals surface area contributed by atoms with E-state index in [1.54, 1.807) is 46.6 Å². The van der Waals surface area contributed by atoms with Gasteiger partial charge in [-0.15, -0.1) is 0 Å². The van der Waals surface area contributed by atoms with E-state index in [1.807, 2.05) is 48.5 Å². The van der Waals surface area contributed by atoms with Gasteiger partial charge >= 0.3 is 0 Å². The number of nitrogens with zero attached hydrogens (tertiary/aromatic N) is 7. The number of aliphatic hydroxyl groups is 1. The van der Waals surface area contributed by atoms with Crippen molar-refractivity contribution in [2.45, 2.75) is 297 Å². The third-order valence-corrected chi connectivity index (χ3v) is 22.1. The molecule has 2 saturated heterocycles. The Kier molecular flexibility index (Phi) is 37.5. The van der Waals surface area contributed by atoms with Crippen LogP contribution in [-0.2, 0) is 71.8 Å². The van der Waals surface area contributed by atoms with Gasteiger partial charge in [-0.3, -0.25) is 62.3 Å². The predicted octanol–water partition coefficient (Wildman–Crippen LogP) is 4.14. The standard InChI is InChI=1S/C78H137N13O16/c1-22-49(9)65-77(105)91(37-34-53-32-33-54(67(95)79-15)62(42-53)106-21)44-64(94)83-66(51(11)92)76(104)85(16)57(23-2)74(102)87(18)59(39-47(5)6)69(97)82-56(45-107-78(12,13)14)72(100)89(20)61(41-52-30-26-24-27-31-52)75(103)88(19)58(38-46(3)4)68(96)81-55(73(101)90-35-28-25-29-36-90)43-63(93)80-50(10)71(99)86(17)60(40-48(7)8)70(98)84-65/h46-62,65-66,92H,22-45H2,1-21H3,(H,79,95)(H,80,93)(H,81,96)(H,82,97)(H,83,94)(H,84,98)/t49-,50+,51+,53?,54?,55-,56-,57-,58-,59-,60-,61-,62?,65-,66-/m0/s1. The molecule has 2 saturated carbocycles. The molecule has 0 bridgehead atoms. The minimum atomic E-state index is -1.69. The molecule has 0 aromatic carbocycles. The molecule has 2 aliphatic carbocycles. The summed E-state index contributed by atoms with van der Waals surface area (Å²) in [7, 11) is 10.2. The SMILES string of the molecule is CC[C@H](C)[C@@H]1NC(=O)[C@H](CC(C)C)N(C)C(=O)[C@@H](C)NC(=O)C[C@@H](C(=O)N2CCCCC2)NC(=O)[C@H](CC(C)C)N(C)C(=O)[C@H](CC2CCCCC2)N(C)C(=O)[C@H](COC(C)(C)C)NC(=O)[C@H](CC(C)C)N(C)C(=O)[C@H](CC)N(C)C(=O)[C@H]([C@@H](C)O)NC(=O)CN(CCC2CCC(C(=O)NC)C(OC)C2)C1=O. The first-order valence-electron chi connectivity index (χ1n) is 39.6. The molecule has 0 spiro atoms.